The van der Waals surface area contributed by atoms with E-state index in [9.17, 15) is 0 Å². The molecule has 0 aliphatic heterocycles. The lowest BCUT2D eigenvalue weighted by Crippen LogP contribution is -2.23. The number of hydrogen-bond donors (Lipinski definition) is 1. The van der Waals surface area contributed by atoms with Crippen molar-refractivity contribution in [1.29, 1.82) is 0 Å². The quantitative estimate of drug-likeness (QED) is 0.788. The van der Waals surface area contributed by atoms with E-state index in [4.69, 9.17) is 0 Å². The summed E-state index contributed by atoms with van der Waals surface area (Å²) in [4.78, 5) is 0. The lowest BCUT2D eigenvalue weighted by Gasteiger charge is -2.19. The van der Waals surface area contributed by atoms with Crippen LogP contribution in [0.1, 0.15) is 39.4 Å². The molecular weight excluding hydrogens is 202 g/mol. The van der Waals surface area contributed by atoms with E-state index in [1.54, 1.807) is 0 Å². The van der Waals surface area contributed by atoms with E-state index in [0.717, 1.165) is 25.5 Å². The van der Waals surface area contributed by atoms with Gasteiger partial charge in [0.15, 0.2) is 5.82 Å². The number of rotatable bonds is 6. The molecule has 0 atom stereocenters. The van der Waals surface area contributed by atoms with Crippen LogP contribution in [-0.2, 0) is 13.1 Å². The summed E-state index contributed by atoms with van der Waals surface area (Å²) < 4.78 is 1.97. The molecule has 1 fully saturated rings. The third-order valence-electron chi connectivity index (χ3n) is 3.72. The average Bonchev–Trinajstić information content (AvgIpc) is 2.90. The first-order valence-electron chi connectivity index (χ1n) is 6.14. The first-order chi connectivity index (χ1) is 7.68. The van der Waals surface area contributed by atoms with Gasteiger partial charge in [0, 0.05) is 0 Å². The van der Waals surface area contributed by atoms with E-state index in [-0.39, 0.29) is 0 Å². The van der Waals surface area contributed by atoms with Crippen molar-refractivity contribution in [2.45, 2.75) is 46.7 Å². The molecule has 0 unspecified atom stereocenters. The minimum absolute atomic E-state index is 0.455. The molecule has 90 valence electrons. The highest BCUT2D eigenvalue weighted by molar-refractivity contribution is 4.96. The van der Waals surface area contributed by atoms with Gasteiger partial charge in [-0.15, -0.1) is 5.10 Å². The van der Waals surface area contributed by atoms with Crippen LogP contribution in [0.5, 0.6) is 0 Å². The molecule has 5 heteroatoms. The molecule has 1 aliphatic carbocycles. The standard InChI is InChI=1S/C11H21N5/c1-4-12-7-10-13-14-15-16(10)8-11(5-6-11)9(2)3/h9,12H,4-8H2,1-3H3. The molecule has 1 heterocycles. The van der Waals surface area contributed by atoms with Gasteiger partial charge >= 0.3 is 0 Å². The minimum atomic E-state index is 0.455. The zero-order chi connectivity index (χ0) is 11.6. The summed E-state index contributed by atoms with van der Waals surface area (Å²) in [5, 5.41) is 15.2. The highest BCUT2D eigenvalue weighted by atomic mass is 15.5. The Bertz CT molecular complexity index is 340. The number of nitrogens with zero attached hydrogens (tertiary/aromatic N) is 4. The molecule has 1 aromatic rings. The fourth-order valence-electron chi connectivity index (χ4n) is 2.09. The van der Waals surface area contributed by atoms with Crippen molar-refractivity contribution in [3.63, 3.8) is 0 Å². The molecule has 5 nitrogen and oxygen atoms in total. The number of hydrogen-bond acceptors (Lipinski definition) is 4. The molecule has 0 radical (unpaired) electrons. The van der Waals surface area contributed by atoms with E-state index in [1.807, 2.05) is 4.68 Å². The second-order valence-corrected chi connectivity index (χ2v) is 5.05. The highest BCUT2D eigenvalue weighted by Crippen LogP contribution is 2.53. The summed E-state index contributed by atoms with van der Waals surface area (Å²) in [5.41, 5.74) is 0.455. The Morgan fingerprint density at radius 1 is 1.44 bits per heavy atom. The predicted molar refractivity (Wildman–Crippen MR) is 61.7 cm³/mol. The maximum atomic E-state index is 4.09. The van der Waals surface area contributed by atoms with Gasteiger partial charge in [0.05, 0.1) is 13.1 Å². The maximum absolute atomic E-state index is 4.09. The van der Waals surface area contributed by atoms with Gasteiger partial charge in [-0.2, -0.15) is 0 Å². The van der Waals surface area contributed by atoms with E-state index in [1.165, 1.54) is 12.8 Å². The molecule has 0 amide bonds. The lowest BCUT2D eigenvalue weighted by molar-refractivity contribution is 0.287. The zero-order valence-electron chi connectivity index (χ0n) is 10.4. The van der Waals surface area contributed by atoms with Crippen LogP contribution in [0.2, 0.25) is 0 Å². The fourth-order valence-corrected chi connectivity index (χ4v) is 2.09. The summed E-state index contributed by atoms with van der Waals surface area (Å²) in [5.74, 6) is 1.66. The van der Waals surface area contributed by atoms with Crippen LogP contribution in [0, 0.1) is 11.3 Å². The van der Waals surface area contributed by atoms with Crippen molar-refractivity contribution in [3.05, 3.63) is 5.82 Å². The van der Waals surface area contributed by atoms with Crippen molar-refractivity contribution >= 4 is 0 Å². The van der Waals surface area contributed by atoms with Crippen LogP contribution < -0.4 is 5.32 Å². The monoisotopic (exact) mass is 223 g/mol. The first-order valence-corrected chi connectivity index (χ1v) is 6.14. The van der Waals surface area contributed by atoms with Crippen molar-refractivity contribution in [1.82, 2.24) is 25.5 Å². The molecule has 0 bridgehead atoms. The fraction of sp³-hybridized carbons (Fsp3) is 0.909. The van der Waals surface area contributed by atoms with Crippen LogP contribution in [0.4, 0.5) is 0 Å². The van der Waals surface area contributed by atoms with Crippen LogP contribution in [0.3, 0.4) is 0 Å². The zero-order valence-corrected chi connectivity index (χ0v) is 10.4. The molecule has 0 aromatic carbocycles. The number of aromatic nitrogens is 4. The van der Waals surface area contributed by atoms with Crippen molar-refractivity contribution in [3.8, 4) is 0 Å². The van der Waals surface area contributed by atoms with Crippen LogP contribution in [-0.4, -0.2) is 26.8 Å². The smallest absolute Gasteiger partial charge is 0.165 e. The van der Waals surface area contributed by atoms with Gasteiger partial charge in [0.2, 0.25) is 0 Å². The van der Waals surface area contributed by atoms with Gasteiger partial charge in [0.1, 0.15) is 0 Å². The molecule has 16 heavy (non-hydrogen) atoms. The SMILES string of the molecule is CCNCc1nnnn1CC1(C(C)C)CC1. The molecular formula is C11H21N5. The topological polar surface area (TPSA) is 55.6 Å². The van der Waals surface area contributed by atoms with Crippen molar-refractivity contribution in [2.24, 2.45) is 11.3 Å². The summed E-state index contributed by atoms with van der Waals surface area (Å²) >= 11 is 0. The van der Waals surface area contributed by atoms with Crippen LogP contribution >= 0.6 is 0 Å². The van der Waals surface area contributed by atoms with Gasteiger partial charge in [0.25, 0.3) is 0 Å². The van der Waals surface area contributed by atoms with Gasteiger partial charge in [-0.3, -0.25) is 0 Å². The Hall–Kier alpha value is -0.970. The second-order valence-electron chi connectivity index (χ2n) is 5.05. The second kappa shape index (κ2) is 4.49. The number of tetrazole rings is 1. The summed E-state index contributed by atoms with van der Waals surface area (Å²) in [6.07, 6.45) is 2.62. The molecule has 1 aromatic heterocycles. The van der Waals surface area contributed by atoms with Gasteiger partial charge < -0.3 is 5.32 Å². The Kier molecular flexibility index (Phi) is 3.23. The van der Waals surface area contributed by atoms with Gasteiger partial charge in [-0.05, 0) is 41.1 Å². The Balaban J connectivity index is 2.01. The van der Waals surface area contributed by atoms with E-state index in [0.29, 0.717) is 11.3 Å². The maximum Gasteiger partial charge on any atom is 0.165 e. The summed E-state index contributed by atoms with van der Waals surface area (Å²) in [6.45, 7) is 9.35. The number of nitrogens with one attached hydrogen (secondary N) is 1. The van der Waals surface area contributed by atoms with Crippen molar-refractivity contribution in [2.75, 3.05) is 6.54 Å². The van der Waals surface area contributed by atoms with E-state index >= 15 is 0 Å². The molecule has 1 saturated carbocycles. The third-order valence-corrected chi connectivity index (χ3v) is 3.72. The Morgan fingerprint density at radius 2 is 2.19 bits per heavy atom. The first kappa shape index (κ1) is 11.5. The lowest BCUT2D eigenvalue weighted by atomic mass is 9.92. The minimum Gasteiger partial charge on any atom is -0.310 e. The van der Waals surface area contributed by atoms with E-state index in [2.05, 4.69) is 41.6 Å². The third kappa shape index (κ3) is 2.24. The average molecular weight is 223 g/mol. The molecule has 2 rings (SSSR count). The molecule has 1 aliphatic rings. The van der Waals surface area contributed by atoms with Crippen molar-refractivity contribution < 1.29 is 0 Å². The van der Waals surface area contributed by atoms with Gasteiger partial charge in [-0.1, -0.05) is 20.8 Å². The normalized spacial score (nSPS) is 18.0. The van der Waals surface area contributed by atoms with Crippen LogP contribution in [0.15, 0.2) is 0 Å². The van der Waals surface area contributed by atoms with E-state index < -0.39 is 0 Å². The summed E-state index contributed by atoms with van der Waals surface area (Å²) in [6, 6.07) is 0. The molecule has 0 saturated heterocycles. The molecule has 0 spiro atoms. The largest absolute Gasteiger partial charge is 0.310 e. The highest BCUT2D eigenvalue weighted by Gasteiger charge is 2.46. The van der Waals surface area contributed by atoms with Gasteiger partial charge in [-0.25, -0.2) is 4.68 Å². The Labute approximate surface area is 96.6 Å². The Morgan fingerprint density at radius 3 is 2.75 bits per heavy atom. The molecule has 1 N–H and O–H groups in total. The van der Waals surface area contributed by atoms with Crippen LogP contribution in [0.25, 0.3) is 0 Å². The summed E-state index contributed by atoms with van der Waals surface area (Å²) in [7, 11) is 0. The predicted octanol–water partition coefficient (Wildman–Crippen LogP) is 1.22.